The van der Waals surface area contributed by atoms with Gasteiger partial charge in [0.2, 0.25) is 0 Å². The van der Waals surface area contributed by atoms with E-state index >= 15 is 0 Å². The topological polar surface area (TPSA) is 61.2 Å². The lowest BCUT2D eigenvalue weighted by Crippen LogP contribution is -2.11. The molecule has 0 N–H and O–H groups in total. The van der Waals surface area contributed by atoms with Gasteiger partial charge < -0.3 is 0 Å². The van der Waals surface area contributed by atoms with Gasteiger partial charge in [0.25, 0.3) is 10.1 Å². The first kappa shape index (κ1) is 14.3. The Bertz CT molecular complexity index is 709. The third-order valence-corrected chi connectivity index (χ3v) is 4.92. The summed E-state index contributed by atoms with van der Waals surface area (Å²) in [5.41, 5.74) is 2.84. The van der Waals surface area contributed by atoms with Crippen molar-refractivity contribution in [3.8, 4) is 0 Å². The summed E-state index contributed by atoms with van der Waals surface area (Å²) in [6.07, 6.45) is 3.28. The van der Waals surface area contributed by atoms with Crippen molar-refractivity contribution in [2.45, 2.75) is 44.2 Å². The van der Waals surface area contributed by atoms with E-state index in [0.29, 0.717) is 5.69 Å². The molecule has 21 heavy (non-hydrogen) atoms. The van der Waals surface area contributed by atoms with Crippen LogP contribution in [0.15, 0.2) is 35.2 Å². The van der Waals surface area contributed by atoms with Gasteiger partial charge in [0.15, 0.2) is 0 Å². The van der Waals surface area contributed by atoms with Gasteiger partial charge in [-0.05, 0) is 44.4 Å². The first-order valence-electron chi connectivity index (χ1n) is 7.06. The maximum atomic E-state index is 12.1. The molecule has 1 aromatic heterocycles. The van der Waals surface area contributed by atoms with Gasteiger partial charge in [-0.15, -0.1) is 0 Å². The highest BCUT2D eigenvalue weighted by molar-refractivity contribution is 7.86. The fourth-order valence-electron chi connectivity index (χ4n) is 2.46. The average Bonchev–Trinajstić information content (AvgIpc) is 2.89. The molecule has 2 heterocycles. The highest BCUT2D eigenvalue weighted by atomic mass is 32.2. The monoisotopic (exact) mass is 306 g/mol. The number of rotatable bonds is 4. The fourth-order valence-corrected chi connectivity index (χ4v) is 3.34. The van der Waals surface area contributed by atoms with Crippen molar-refractivity contribution in [2.24, 2.45) is 0 Å². The van der Waals surface area contributed by atoms with Crippen LogP contribution >= 0.6 is 0 Å². The molecule has 0 radical (unpaired) electrons. The zero-order valence-corrected chi connectivity index (χ0v) is 12.8. The molecule has 0 aliphatic carbocycles. The van der Waals surface area contributed by atoms with Gasteiger partial charge in [0, 0.05) is 12.2 Å². The van der Waals surface area contributed by atoms with Gasteiger partial charge in [-0.25, -0.2) is 0 Å². The summed E-state index contributed by atoms with van der Waals surface area (Å²) in [5.74, 6) is 0. The smallest absolute Gasteiger partial charge is 0.269 e. The Kier molecular flexibility index (Phi) is 3.82. The van der Waals surface area contributed by atoms with Crippen molar-refractivity contribution in [1.82, 2.24) is 9.78 Å². The predicted octanol–water partition coefficient (Wildman–Crippen LogP) is 2.43. The summed E-state index contributed by atoms with van der Waals surface area (Å²) in [4.78, 5) is 0.178. The lowest BCUT2D eigenvalue weighted by molar-refractivity contribution is 0.301. The quantitative estimate of drug-likeness (QED) is 0.814. The molecule has 0 atom stereocenters. The van der Waals surface area contributed by atoms with Crippen LogP contribution in [0.4, 0.5) is 0 Å². The highest BCUT2D eigenvalue weighted by Gasteiger charge is 2.17. The molecule has 0 saturated carbocycles. The highest BCUT2D eigenvalue weighted by Crippen LogP contribution is 2.18. The Hall–Kier alpha value is -1.66. The SMILES string of the molecule is Cc1ccc(S(=O)(=O)OCc2cc3n(n2)CCCC3)cc1. The summed E-state index contributed by atoms with van der Waals surface area (Å²) < 4.78 is 31.3. The second kappa shape index (κ2) is 5.61. The average molecular weight is 306 g/mol. The first-order valence-corrected chi connectivity index (χ1v) is 8.47. The second-order valence-electron chi connectivity index (χ2n) is 5.34. The number of aryl methyl sites for hydroxylation is 3. The molecule has 6 heteroatoms. The van der Waals surface area contributed by atoms with E-state index in [9.17, 15) is 8.42 Å². The number of nitrogens with zero attached hydrogens (tertiary/aromatic N) is 2. The molecule has 1 aliphatic rings. The minimum atomic E-state index is -3.73. The Morgan fingerprint density at radius 1 is 1.24 bits per heavy atom. The normalized spacial score (nSPS) is 14.9. The van der Waals surface area contributed by atoms with Crippen LogP contribution in [0.2, 0.25) is 0 Å². The standard InChI is InChI=1S/C15H18N2O3S/c1-12-5-7-15(8-6-12)21(18,19)20-11-13-10-14-4-2-3-9-17(14)16-13/h5-8,10H,2-4,9,11H2,1H3. The van der Waals surface area contributed by atoms with Crippen LogP contribution in [0.1, 0.15) is 29.8 Å². The summed E-state index contributed by atoms with van der Waals surface area (Å²) in [5, 5.41) is 4.39. The fraction of sp³-hybridized carbons (Fsp3) is 0.400. The van der Waals surface area contributed by atoms with Crippen LogP contribution in [0.5, 0.6) is 0 Å². The van der Waals surface area contributed by atoms with E-state index in [2.05, 4.69) is 5.10 Å². The van der Waals surface area contributed by atoms with E-state index in [1.54, 1.807) is 24.3 Å². The van der Waals surface area contributed by atoms with Gasteiger partial charge in [0.05, 0.1) is 10.6 Å². The van der Waals surface area contributed by atoms with Crippen molar-refractivity contribution in [3.63, 3.8) is 0 Å². The van der Waals surface area contributed by atoms with Crippen LogP contribution in [0.25, 0.3) is 0 Å². The zero-order valence-electron chi connectivity index (χ0n) is 11.9. The first-order chi connectivity index (χ1) is 10.0. The minimum absolute atomic E-state index is 0.0176. The minimum Gasteiger partial charge on any atom is -0.269 e. The molecule has 0 fully saturated rings. The second-order valence-corrected chi connectivity index (χ2v) is 6.95. The van der Waals surface area contributed by atoms with Gasteiger partial charge in [-0.1, -0.05) is 17.7 Å². The Labute approximate surface area is 124 Å². The summed E-state index contributed by atoms with van der Waals surface area (Å²) in [6, 6.07) is 8.56. The lowest BCUT2D eigenvalue weighted by Gasteiger charge is -2.11. The third-order valence-electron chi connectivity index (χ3n) is 3.64. The van der Waals surface area contributed by atoms with Crippen LogP contribution < -0.4 is 0 Å². The molecule has 0 amide bonds. The molecule has 1 aromatic carbocycles. The maximum Gasteiger partial charge on any atom is 0.297 e. The van der Waals surface area contributed by atoms with Gasteiger partial charge in [0.1, 0.15) is 6.61 Å². The Morgan fingerprint density at radius 3 is 2.71 bits per heavy atom. The van der Waals surface area contributed by atoms with Crippen molar-refractivity contribution in [1.29, 1.82) is 0 Å². The van der Waals surface area contributed by atoms with Crippen LogP contribution in [0, 0.1) is 6.92 Å². The molecule has 2 aromatic rings. The summed E-state index contributed by atoms with van der Waals surface area (Å²) in [6.45, 7) is 2.79. The molecular formula is C15H18N2O3S. The summed E-state index contributed by atoms with van der Waals surface area (Å²) >= 11 is 0. The van der Waals surface area contributed by atoms with E-state index in [0.717, 1.165) is 37.1 Å². The number of hydrogen-bond acceptors (Lipinski definition) is 4. The number of aromatic nitrogens is 2. The van der Waals surface area contributed by atoms with Crippen molar-refractivity contribution >= 4 is 10.1 Å². The van der Waals surface area contributed by atoms with E-state index < -0.39 is 10.1 Å². The molecular weight excluding hydrogens is 288 g/mol. The Balaban J connectivity index is 1.71. The van der Waals surface area contributed by atoms with Crippen molar-refractivity contribution < 1.29 is 12.6 Å². The lowest BCUT2D eigenvalue weighted by atomic mass is 10.1. The van der Waals surface area contributed by atoms with Crippen LogP contribution in [0.3, 0.4) is 0 Å². The molecule has 1 aliphatic heterocycles. The molecule has 0 saturated heterocycles. The zero-order chi connectivity index (χ0) is 14.9. The number of hydrogen-bond donors (Lipinski definition) is 0. The van der Waals surface area contributed by atoms with E-state index in [1.807, 2.05) is 17.7 Å². The van der Waals surface area contributed by atoms with E-state index in [-0.39, 0.29) is 11.5 Å². The van der Waals surface area contributed by atoms with Crippen molar-refractivity contribution in [2.75, 3.05) is 0 Å². The van der Waals surface area contributed by atoms with Gasteiger partial charge in [-0.2, -0.15) is 13.5 Å². The number of fused-ring (bicyclic) bond motifs is 1. The van der Waals surface area contributed by atoms with Crippen LogP contribution in [-0.4, -0.2) is 18.2 Å². The third kappa shape index (κ3) is 3.16. The van der Waals surface area contributed by atoms with E-state index in [1.165, 1.54) is 0 Å². The largest absolute Gasteiger partial charge is 0.297 e. The molecule has 0 bridgehead atoms. The molecule has 0 spiro atoms. The van der Waals surface area contributed by atoms with E-state index in [4.69, 9.17) is 4.18 Å². The van der Waals surface area contributed by atoms with Gasteiger partial charge >= 0.3 is 0 Å². The summed E-state index contributed by atoms with van der Waals surface area (Å²) in [7, 11) is -3.73. The van der Waals surface area contributed by atoms with Gasteiger partial charge in [-0.3, -0.25) is 8.86 Å². The molecule has 3 rings (SSSR count). The molecule has 112 valence electrons. The Morgan fingerprint density at radius 2 is 2.00 bits per heavy atom. The van der Waals surface area contributed by atoms with Crippen molar-refractivity contribution in [3.05, 3.63) is 47.3 Å². The maximum absolute atomic E-state index is 12.1. The predicted molar refractivity (Wildman–Crippen MR) is 78.3 cm³/mol. The molecule has 0 unspecified atom stereocenters. The number of benzene rings is 1. The van der Waals surface area contributed by atoms with Crippen LogP contribution in [-0.2, 0) is 33.9 Å². The molecule has 5 nitrogen and oxygen atoms in total.